The van der Waals surface area contributed by atoms with Gasteiger partial charge in [-0.2, -0.15) is 0 Å². The van der Waals surface area contributed by atoms with Gasteiger partial charge in [-0.3, -0.25) is 14.7 Å². The summed E-state index contributed by atoms with van der Waals surface area (Å²) in [5, 5.41) is 6.17. The quantitative estimate of drug-likeness (QED) is 0.688. The van der Waals surface area contributed by atoms with Crippen LogP contribution in [0.2, 0.25) is 0 Å². The number of halogens is 3. The number of pyridine rings is 1. The maximum absolute atomic E-state index is 12.3. The molecule has 0 spiro atoms. The Morgan fingerprint density at radius 1 is 1.20 bits per heavy atom. The van der Waals surface area contributed by atoms with Crippen LogP contribution in [0, 0.1) is 17.8 Å². The number of hydrogen-bond donors (Lipinski definition) is 2. The molecule has 160 valence electrons. The first kappa shape index (κ1) is 20.6. The van der Waals surface area contributed by atoms with Gasteiger partial charge < -0.3 is 15.4 Å². The van der Waals surface area contributed by atoms with Crippen molar-refractivity contribution in [3.05, 3.63) is 54.4 Å². The van der Waals surface area contributed by atoms with Gasteiger partial charge in [0.25, 0.3) is 0 Å². The molecule has 2 fully saturated rings. The number of likely N-dealkylation sites (tertiary alicyclic amines) is 1. The molecule has 2 aliphatic rings. The van der Waals surface area contributed by atoms with Crippen LogP contribution in [0.15, 0.2) is 48.8 Å². The van der Waals surface area contributed by atoms with Crippen molar-refractivity contribution in [2.75, 3.05) is 31.5 Å². The lowest BCUT2D eigenvalue weighted by Gasteiger charge is -2.19. The summed E-state index contributed by atoms with van der Waals surface area (Å²) < 4.78 is 40.9. The van der Waals surface area contributed by atoms with Crippen molar-refractivity contribution in [1.82, 2.24) is 15.2 Å². The summed E-state index contributed by atoms with van der Waals surface area (Å²) >= 11 is 0. The fourth-order valence-corrected chi connectivity index (χ4v) is 4.24. The number of hydrogen-bond acceptors (Lipinski definition) is 5. The van der Waals surface area contributed by atoms with Gasteiger partial charge in [0, 0.05) is 25.8 Å². The van der Waals surface area contributed by atoms with Crippen LogP contribution in [-0.4, -0.2) is 48.3 Å². The first-order valence-corrected chi connectivity index (χ1v) is 9.85. The van der Waals surface area contributed by atoms with Gasteiger partial charge in [-0.15, -0.1) is 13.2 Å². The van der Waals surface area contributed by atoms with Crippen LogP contribution in [0.5, 0.6) is 5.75 Å². The number of amides is 1. The second-order valence-electron chi connectivity index (χ2n) is 7.80. The standard InChI is InChI=1S/C21H23F3N4O2/c22-21(23,24)30-16-5-1-3-14(7-16)8-26-10-17-18-11-28(12-19(17)18)13-20(29)27-15-4-2-6-25-9-15/h1-7,9,17-19,26H,8,10-13H2,(H,27,29). The lowest BCUT2D eigenvalue weighted by molar-refractivity contribution is -0.274. The average molecular weight is 420 g/mol. The van der Waals surface area contributed by atoms with E-state index in [0.717, 1.165) is 25.2 Å². The fraction of sp³-hybridized carbons (Fsp3) is 0.429. The molecule has 0 radical (unpaired) electrons. The van der Waals surface area contributed by atoms with Gasteiger partial charge in [0.15, 0.2) is 0 Å². The molecule has 2 aromatic rings. The summed E-state index contributed by atoms with van der Waals surface area (Å²) in [6.07, 6.45) is -1.41. The molecule has 6 nitrogen and oxygen atoms in total. The van der Waals surface area contributed by atoms with Crippen molar-refractivity contribution >= 4 is 11.6 Å². The summed E-state index contributed by atoms with van der Waals surface area (Å²) in [7, 11) is 0. The van der Waals surface area contributed by atoms with E-state index >= 15 is 0 Å². The average Bonchev–Trinajstić information content (AvgIpc) is 3.13. The van der Waals surface area contributed by atoms with Gasteiger partial charge in [0.05, 0.1) is 18.4 Å². The largest absolute Gasteiger partial charge is 0.573 e. The molecule has 9 heteroatoms. The Labute approximate surface area is 172 Å². The molecule has 2 heterocycles. The molecule has 1 saturated heterocycles. The number of rotatable bonds is 8. The Balaban J connectivity index is 1.15. The van der Waals surface area contributed by atoms with Crippen LogP contribution in [0.4, 0.5) is 18.9 Å². The molecule has 1 amide bonds. The van der Waals surface area contributed by atoms with Crippen molar-refractivity contribution < 1.29 is 22.7 Å². The molecule has 1 saturated carbocycles. The number of piperidine rings is 1. The second kappa shape index (κ2) is 8.61. The minimum Gasteiger partial charge on any atom is -0.406 e. The van der Waals surface area contributed by atoms with E-state index in [2.05, 4.69) is 25.3 Å². The highest BCUT2D eigenvalue weighted by molar-refractivity contribution is 5.92. The van der Waals surface area contributed by atoms with Crippen molar-refractivity contribution in [3.8, 4) is 5.75 Å². The van der Waals surface area contributed by atoms with Crippen molar-refractivity contribution in [2.45, 2.75) is 12.9 Å². The minimum atomic E-state index is -4.68. The molecule has 1 aliphatic heterocycles. The Hall–Kier alpha value is -2.65. The summed E-state index contributed by atoms with van der Waals surface area (Å²) in [6.45, 7) is 3.46. The van der Waals surface area contributed by atoms with Crippen LogP contribution >= 0.6 is 0 Å². The Morgan fingerprint density at radius 2 is 2.00 bits per heavy atom. The smallest absolute Gasteiger partial charge is 0.406 e. The zero-order chi connectivity index (χ0) is 21.1. The van der Waals surface area contributed by atoms with Crippen LogP contribution in [0.1, 0.15) is 5.56 Å². The van der Waals surface area contributed by atoms with Gasteiger partial charge in [0.1, 0.15) is 5.75 Å². The van der Waals surface area contributed by atoms with Crippen LogP contribution in [0.25, 0.3) is 0 Å². The summed E-state index contributed by atoms with van der Waals surface area (Å²) in [4.78, 5) is 18.3. The van der Waals surface area contributed by atoms with Crippen LogP contribution in [-0.2, 0) is 11.3 Å². The van der Waals surface area contributed by atoms with E-state index in [1.54, 1.807) is 36.7 Å². The Kier molecular flexibility index (Phi) is 5.92. The van der Waals surface area contributed by atoms with Gasteiger partial charge in [0.2, 0.25) is 5.91 Å². The van der Waals surface area contributed by atoms with Crippen molar-refractivity contribution in [1.29, 1.82) is 0 Å². The lowest BCUT2D eigenvalue weighted by atomic mass is 10.2. The number of fused-ring (bicyclic) bond motifs is 1. The van der Waals surface area contributed by atoms with Gasteiger partial charge in [-0.1, -0.05) is 12.1 Å². The second-order valence-corrected chi connectivity index (χ2v) is 7.80. The molecule has 1 aromatic heterocycles. The van der Waals surface area contributed by atoms with Crippen LogP contribution in [0.3, 0.4) is 0 Å². The normalized spacial score (nSPS) is 23.1. The Morgan fingerprint density at radius 3 is 2.70 bits per heavy atom. The molecule has 2 atom stereocenters. The maximum Gasteiger partial charge on any atom is 0.573 e. The highest BCUT2D eigenvalue weighted by atomic mass is 19.4. The van der Waals surface area contributed by atoms with E-state index in [-0.39, 0.29) is 11.7 Å². The minimum absolute atomic E-state index is 0.0417. The zero-order valence-corrected chi connectivity index (χ0v) is 16.2. The molecule has 2 N–H and O–H groups in total. The van der Waals surface area contributed by atoms with Crippen LogP contribution < -0.4 is 15.4 Å². The summed E-state index contributed by atoms with van der Waals surface area (Å²) in [6, 6.07) is 9.60. The van der Waals surface area contributed by atoms with E-state index in [1.807, 2.05) is 0 Å². The number of nitrogens with one attached hydrogen (secondary N) is 2. The third-order valence-corrected chi connectivity index (χ3v) is 5.60. The molecule has 0 bridgehead atoms. The SMILES string of the molecule is O=C(CN1CC2C(CNCc3cccc(OC(F)(F)F)c3)C2C1)Nc1cccnc1. The number of alkyl halides is 3. The number of ether oxygens (including phenoxy) is 1. The number of benzene rings is 1. The number of carbonyl (C=O) groups excluding carboxylic acids is 1. The predicted octanol–water partition coefficient (Wildman–Crippen LogP) is 2.89. The highest BCUT2D eigenvalue weighted by Crippen LogP contribution is 2.51. The van der Waals surface area contributed by atoms with Crippen molar-refractivity contribution in [3.63, 3.8) is 0 Å². The van der Waals surface area contributed by atoms with Gasteiger partial charge in [-0.25, -0.2) is 0 Å². The molecular weight excluding hydrogens is 397 g/mol. The highest BCUT2D eigenvalue weighted by Gasteiger charge is 2.54. The van der Waals surface area contributed by atoms with E-state index < -0.39 is 6.36 Å². The molecule has 30 heavy (non-hydrogen) atoms. The number of carbonyl (C=O) groups is 1. The van der Waals surface area contributed by atoms with Gasteiger partial charge in [-0.05, 0) is 54.1 Å². The predicted molar refractivity (Wildman–Crippen MR) is 105 cm³/mol. The van der Waals surface area contributed by atoms with Crippen molar-refractivity contribution in [2.24, 2.45) is 17.8 Å². The number of anilines is 1. The maximum atomic E-state index is 12.3. The van der Waals surface area contributed by atoms with E-state index in [4.69, 9.17) is 0 Å². The third-order valence-electron chi connectivity index (χ3n) is 5.60. The topological polar surface area (TPSA) is 66.5 Å². The first-order valence-electron chi connectivity index (χ1n) is 9.85. The van der Waals surface area contributed by atoms with Gasteiger partial charge >= 0.3 is 6.36 Å². The molecule has 1 aliphatic carbocycles. The molecule has 4 rings (SSSR count). The Bertz CT molecular complexity index is 866. The fourth-order valence-electron chi connectivity index (χ4n) is 4.24. The third kappa shape index (κ3) is 5.48. The van der Waals surface area contributed by atoms with E-state index in [1.165, 1.54) is 12.1 Å². The summed E-state index contributed by atoms with van der Waals surface area (Å²) in [5.41, 5.74) is 1.44. The molecule has 1 aromatic carbocycles. The zero-order valence-electron chi connectivity index (χ0n) is 16.2. The monoisotopic (exact) mass is 420 g/mol. The summed E-state index contributed by atoms with van der Waals surface area (Å²) in [5.74, 6) is 1.45. The molecule has 2 unspecified atom stereocenters. The van der Waals surface area contributed by atoms with E-state index in [9.17, 15) is 18.0 Å². The first-order chi connectivity index (χ1) is 14.4. The number of aromatic nitrogens is 1. The van der Waals surface area contributed by atoms with E-state index in [0.29, 0.717) is 36.5 Å². The lowest BCUT2D eigenvalue weighted by Crippen LogP contribution is -2.34. The molecular formula is C21H23F3N4O2. The number of nitrogens with zero attached hydrogens (tertiary/aromatic N) is 2.